The largest absolute Gasteiger partial charge is 0.492 e. The number of nitrogens with zero attached hydrogens (tertiary/aromatic N) is 1. The lowest BCUT2D eigenvalue weighted by molar-refractivity contribution is -0.117. The summed E-state index contributed by atoms with van der Waals surface area (Å²) in [5.74, 6) is -1.05. The van der Waals surface area contributed by atoms with E-state index in [9.17, 15) is 13.6 Å². The Hall–Kier alpha value is -2.47. The highest BCUT2D eigenvalue weighted by Crippen LogP contribution is 2.12. The molecule has 0 radical (unpaired) electrons. The summed E-state index contributed by atoms with van der Waals surface area (Å²) in [7, 11) is 1.76. The van der Waals surface area contributed by atoms with Crippen LogP contribution >= 0.6 is 0 Å². The average molecular weight is 320 g/mol. The quantitative estimate of drug-likeness (QED) is 0.853. The van der Waals surface area contributed by atoms with Crippen LogP contribution in [0.5, 0.6) is 5.75 Å². The van der Waals surface area contributed by atoms with E-state index in [2.05, 4.69) is 5.32 Å². The third kappa shape index (κ3) is 6.04. The van der Waals surface area contributed by atoms with Crippen molar-refractivity contribution in [2.24, 2.45) is 0 Å². The lowest BCUT2D eigenvalue weighted by Crippen LogP contribution is -2.33. The minimum atomic E-state index is -0.732. The monoisotopic (exact) mass is 320 g/mol. The van der Waals surface area contributed by atoms with E-state index in [1.807, 2.05) is 30.3 Å². The zero-order valence-corrected chi connectivity index (χ0v) is 12.8. The summed E-state index contributed by atoms with van der Waals surface area (Å²) in [5, 5.41) is 2.46. The molecule has 0 saturated heterocycles. The highest BCUT2D eigenvalue weighted by molar-refractivity contribution is 5.92. The van der Waals surface area contributed by atoms with Gasteiger partial charge in [0.1, 0.15) is 24.0 Å². The van der Waals surface area contributed by atoms with Gasteiger partial charge in [0.05, 0.1) is 6.54 Å². The fourth-order valence-electron chi connectivity index (χ4n) is 1.99. The van der Waals surface area contributed by atoms with Gasteiger partial charge < -0.3 is 10.1 Å². The first kappa shape index (κ1) is 16.9. The number of carbonyl (C=O) groups is 1. The molecule has 0 spiro atoms. The number of amides is 1. The molecular weight excluding hydrogens is 302 g/mol. The number of rotatable bonds is 7. The Kier molecular flexibility index (Phi) is 6.05. The molecule has 1 N–H and O–H groups in total. The maximum Gasteiger partial charge on any atom is 0.238 e. The Balaban J connectivity index is 1.74. The van der Waals surface area contributed by atoms with Crippen LogP contribution in [0.1, 0.15) is 0 Å². The molecule has 122 valence electrons. The second-order valence-electron chi connectivity index (χ2n) is 5.11. The lowest BCUT2D eigenvalue weighted by atomic mass is 10.3. The molecule has 23 heavy (non-hydrogen) atoms. The Labute approximate surface area is 133 Å². The first-order valence-electron chi connectivity index (χ1n) is 7.15. The predicted molar refractivity (Wildman–Crippen MR) is 84.4 cm³/mol. The van der Waals surface area contributed by atoms with Crippen molar-refractivity contribution >= 4 is 11.6 Å². The molecule has 2 aromatic rings. The predicted octanol–water partition coefficient (Wildman–Crippen LogP) is 2.91. The van der Waals surface area contributed by atoms with E-state index >= 15 is 0 Å². The topological polar surface area (TPSA) is 41.6 Å². The van der Waals surface area contributed by atoms with E-state index in [0.717, 1.165) is 23.9 Å². The Morgan fingerprint density at radius 1 is 1.13 bits per heavy atom. The molecule has 0 unspecified atom stereocenters. The maximum atomic E-state index is 13.1. The van der Waals surface area contributed by atoms with Crippen LogP contribution in [0.4, 0.5) is 14.5 Å². The SMILES string of the molecule is CN(CCOc1ccccc1)CC(=O)Nc1cc(F)cc(F)c1. The lowest BCUT2D eigenvalue weighted by Gasteiger charge is -2.16. The fourth-order valence-corrected chi connectivity index (χ4v) is 1.99. The number of para-hydroxylation sites is 1. The Morgan fingerprint density at radius 3 is 2.43 bits per heavy atom. The number of ether oxygens (including phenoxy) is 1. The number of anilines is 1. The van der Waals surface area contributed by atoms with E-state index in [-0.39, 0.29) is 18.1 Å². The van der Waals surface area contributed by atoms with Crippen LogP contribution in [0.15, 0.2) is 48.5 Å². The molecule has 2 aromatic carbocycles. The van der Waals surface area contributed by atoms with Crippen molar-refractivity contribution in [1.82, 2.24) is 4.90 Å². The summed E-state index contributed by atoms with van der Waals surface area (Å²) in [4.78, 5) is 13.6. The van der Waals surface area contributed by atoms with Crippen LogP contribution in [0.25, 0.3) is 0 Å². The van der Waals surface area contributed by atoms with Gasteiger partial charge in [-0.15, -0.1) is 0 Å². The van der Waals surface area contributed by atoms with Crippen molar-refractivity contribution < 1.29 is 18.3 Å². The molecule has 2 rings (SSSR count). The van der Waals surface area contributed by atoms with Gasteiger partial charge in [0.25, 0.3) is 0 Å². The molecule has 0 aromatic heterocycles. The zero-order chi connectivity index (χ0) is 16.7. The van der Waals surface area contributed by atoms with Gasteiger partial charge >= 0.3 is 0 Å². The summed E-state index contributed by atoms with van der Waals surface area (Å²) in [6.45, 7) is 1.07. The summed E-state index contributed by atoms with van der Waals surface area (Å²) in [6, 6.07) is 12.3. The highest BCUT2D eigenvalue weighted by atomic mass is 19.1. The van der Waals surface area contributed by atoms with Crippen LogP contribution in [0, 0.1) is 11.6 Å². The molecule has 0 bridgehead atoms. The van der Waals surface area contributed by atoms with Gasteiger partial charge in [-0.3, -0.25) is 9.69 Å². The smallest absolute Gasteiger partial charge is 0.238 e. The second kappa shape index (κ2) is 8.24. The number of carbonyl (C=O) groups excluding carboxylic acids is 1. The van der Waals surface area contributed by atoms with Crippen molar-refractivity contribution in [2.45, 2.75) is 0 Å². The molecule has 4 nitrogen and oxygen atoms in total. The van der Waals surface area contributed by atoms with Crippen LogP contribution < -0.4 is 10.1 Å². The van der Waals surface area contributed by atoms with Crippen molar-refractivity contribution in [3.05, 3.63) is 60.2 Å². The first-order chi connectivity index (χ1) is 11.0. The molecular formula is C17H18F2N2O2. The van der Waals surface area contributed by atoms with Crippen molar-refractivity contribution in [2.75, 3.05) is 32.1 Å². The highest BCUT2D eigenvalue weighted by Gasteiger charge is 2.08. The summed E-state index contributed by atoms with van der Waals surface area (Å²) < 4.78 is 31.6. The number of likely N-dealkylation sites (N-methyl/N-ethyl adjacent to an activating group) is 1. The van der Waals surface area contributed by atoms with E-state index < -0.39 is 11.6 Å². The summed E-state index contributed by atoms with van der Waals surface area (Å²) >= 11 is 0. The minimum Gasteiger partial charge on any atom is -0.492 e. The van der Waals surface area contributed by atoms with E-state index in [1.165, 1.54) is 0 Å². The molecule has 0 fully saturated rings. The van der Waals surface area contributed by atoms with E-state index in [1.54, 1.807) is 11.9 Å². The number of nitrogens with one attached hydrogen (secondary N) is 1. The van der Waals surface area contributed by atoms with Crippen LogP contribution in [0.3, 0.4) is 0 Å². The molecule has 0 heterocycles. The van der Waals surface area contributed by atoms with Crippen LogP contribution in [0.2, 0.25) is 0 Å². The first-order valence-corrected chi connectivity index (χ1v) is 7.15. The maximum absolute atomic E-state index is 13.1. The number of halogens is 2. The van der Waals surface area contributed by atoms with Crippen LogP contribution in [-0.4, -0.2) is 37.6 Å². The number of hydrogen-bond donors (Lipinski definition) is 1. The van der Waals surface area contributed by atoms with Gasteiger partial charge in [-0.05, 0) is 31.3 Å². The van der Waals surface area contributed by atoms with Crippen molar-refractivity contribution in [3.8, 4) is 5.75 Å². The Morgan fingerprint density at radius 2 is 1.78 bits per heavy atom. The van der Waals surface area contributed by atoms with Crippen molar-refractivity contribution in [1.29, 1.82) is 0 Å². The molecule has 0 aliphatic rings. The number of hydrogen-bond acceptors (Lipinski definition) is 3. The Bertz CT molecular complexity index is 630. The molecule has 0 atom stereocenters. The average Bonchev–Trinajstić information content (AvgIpc) is 2.47. The third-order valence-electron chi connectivity index (χ3n) is 3.04. The van der Waals surface area contributed by atoms with Gasteiger partial charge in [0.15, 0.2) is 0 Å². The van der Waals surface area contributed by atoms with Gasteiger partial charge in [-0.2, -0.15) is 0 Å². The molecule has 0 aliphatic carbocycles. The van der Waals surface area contributed by atoms with Crippen LogP contribution in [-0.2, 0) is 4.79 Å². The summed E-state index contributed by atoms with van der Waals surface area (Å²) in [5.41, 5.74) is 0.0986. The molecule has 6 heteroatoms. The van der Waals surface area contributed by atoms with E-state index in [4.69, 9.17) is 4.74 Å². The van der Waals surface area contributed by atoms with E-state index in [0.29, 0.717) is 13.2 Å². The molecule has 0 aliphatic heterocycles. The standard InChI is InChI=1S/C17H18F2N2O2/c1-21(7-8-23-16-5-3-2-4-6-16)12-17(22)20-15-10-13(18)9-14(19)11-15/h2-6,9-11H,7-8,12H2,1H3,(H,20,22). The third-order valence-corrected chi connectivity index (χ3v) is 3.04. The zero-order valence-electron chi connectivity index (χ0n) is 12.8. The second-order valence-corrected chi connectivity index (χ2v) is 5.11. The van der Waals surface area contributed by atoms with Gasteiger partial charge in [-0.25, -0.2) is 8.78 Å². The van der Waals surface area contributed by atoms with Gasteiger partial charge in [0, 0.05) is 18.3 Å². The normalized spacial score (nSPS) is 10.6. The van der Waals surface area contributed by atoms with Gasteiger partial charge in [-0.1, -0.05) is 18.2 Å². The minimum absolute atomic E-state index is 0.0935. The molecule has 1 amide bonds. The summed E-state index contributed by atoms with van der Waals surface area (Å²) in [6.07, 6.45) is 0. The van der Waals surface area contributed by atoms with Gasteiger partial charge in [0.2, 0.25) is 5.91 Å². The number of benzene rings is 2. The fraction of sp³-hybridized carbons (Fsp3) is 0.235. The van der Waals surface area contributed by atoms with Crippen molar-refractivity contribution in [3.63, 3.8) is 0 Å². The molecule has 0 saturated carbocycles.